The first-order chi connectivity index (χ1) is 6.93. The van der Waals surface area contributed by atoms with E-state index in [1.807, 2.05) is 0 Å². The molecule has 2 aliphatic carbocycles. The summed E-state index contributed by atoms with van der Waals surface area (Å²) < 4.78 is 0. The number of rotatable bonds is 0. The molecule has 0 spiro atoms. The van der Waals surface area contributed by atoms with Crippen molar-refractivity contribution in [1.82, 2.24) is 0 Å². The molecule has 14 heavy (non-hydrogen) atoms. The van der Waals surface area contributed by atoms with Crippen molar-refractivity contribution in [1.29, 1.82) is 0 Å². The SMILES string of the molecule is c1cc2c3c(ccc4c3c1CC4)CC2. The molecular weight excluding hydrogens is 168 g/mol. The third kappa shape index (κ3) is 0.672. The quantitative estimate of drug-likeness (QED) is 0.584. The van der Waals surface area contributed by atoms with Gasteiger partial charge in [-0.3, -0.25) is 0 Å². The Bertz CT molecular complexity index is 452. The highest BCUT2D eigenvalue weighted by molar-refractivity contribution is 5.97. The van der Waals surface area contributed by atoms with Crippen LogP contribution in [0.3, 0.4) is 0 Å². The molecule has 4 rings (SSSR count). The maximum absolute atomic E-state index is 2.35. The lowest BCUT2D eigenvalue weighted by atomic mass is 10.0. The van der Waals surface area contributed by atoms with E-state index in [0.29, 0.717) is 0 Å². The second kappa shape index (κ2) is 2.20. The van der Waals surface area contributed by atoms with Gasteiger partial charge in [-0.05, 0) is 58.7 Å². The minimum Gasteiger partial charge on any atom is -0.0581 e. The Labute approximate surface area is 83.6 Å². The molecule has 2 aromatic rings. The molecule has 0 amide bonds. The molecule has 0 aromatic heterocycles. The van der Waals surface area contributed by atoms with Gasteiger partial charge in [0.05, 0.1) is 0 Å². The van der Waals surface area contributed by atoms with Crippen LogP contribution in [0.4, 0.5) is 0 Å². The highest BCUT2D eigenvalue weighted by atomic mass is 14.2. The van der Waals surface area contributed by atoms with Gasteiger partial charge < -0.3 is 0 Å². The maximum atomic E-state index is 2.35. The van der Waals surface area contributed by atoms with Crippen LogP contribution in [-0.4, -0.2) is 0 Å². The van der Waals surface area contributed by atoms with Crippen molar-refractivity contribution < 1.29 is 0 Å². The molecule has 2 aliphatic rings. The van der Waals surface area contributed by atoms with Gasteiger partial charge in [0.1, 0.15) is 0 Å². The van der Waals surface area contributed by atoms with Crippen LogP contribution in [0.5, 0.6) is 0 Å². The van der Waals surface area contributed by atoms with Crippen molar-refractivity contribution in [2.24, 2.45) is 0 Å². The van der Waals surface area contributed by atoms with Crippen LogP contribution in [0.25, 0.3) is 10.8 Å². The van der Waals surface area contributed by atoms with Gasteiger partial charge in [0.15, 0.2) is 0 Å². The molecule has 0 heterocycles. The fraction of sp³-hybridized carbons (Fsp3) is 0.286. The van der Waals surface area contributed by atoms with Gasteiger partial charge in [0, 0.05) is 0 Å². The standard InChI is InChI=1S/C14H12/c1-2-10-7-8-12-4-3-11-6-5-9(1)13(10)14(11)12/h5-8H,1-4H2. The fourth-order valence-electron chi connectivity index (χ4n) is 3.16. The molecule has 0 N–H and O–H groups in total. The first kappa shape index (κ1) is 7.05. The molecule has 0 unspecified atom stereocenters. The Morgan fingerprint density at radius 3 is 1.07 bits per heavy atom. The van der Waals surface area contributed by atoms with Crippen LogP contribution in [0.15, 0.2) is 24.3 Å². The maximum Gasteiger partial charge on any atom is -0.0114 e. The molecule has 68 valence electrons. The predicted molar refractivity (Wildman–Crippen MR) is 58.8 cm³/mol. The van der Waals surface area contributed by atoms with Crippen molar-refractivity contribution >= 4 is 10.8 Å². The summed E-state index contributed by atoms with van der Waals surface area (Å²) in [6.45, 7) is 0. The van der Waals surface area contributed by atoms with E-state index < -0.39 is 0 Å². The molecule has 0 atom stereocenters. The molecule has 0 bridgehead atoms. The average molecular weight is 180 g/mol. The predicted octanol–water partition coefficient (Wildman–Crippen LogP) is 3.04. The zero-order valence-electron chi connectivity index (χ0n) is 8.14. The molecule has 0 aliphatic heterocycles. The highest BCUT2D eigenvalue weighted by Crippen LogP contribution is 2.38. The van der Waals surface area contributed by atoms with E-state index in [4.69, 9.17) is 0 Å². The summed E-state index contributed by atoms with van der Waals surface area (Å²) in [5.74, 6) is 0. The first-order valence-corrected chi connectivity index (χ1v) is 5.49. The summed E-state index contributed by atoms with van der Waals surface area (Å²) in [7, 11) is 0. The van der Waals surface area contributed by atoms with Crippen LogP contribution in [0, 0.1) is 0 Å². The summed E-state index contributed by atoms with van der Waals surface area (Å²) in [5.41, 5.74) is 6.34. The number of hydrogen-bond donors (Lipinski definition) is 0. The molecule has 0 fully saturated rings. The Balaban J connectivity index is 2.34. The van der Waals surface area contributed by atoms with E-state index in [0.717, 1.165) is 0 Å². The van der Waals surface area contributed by atoms with Crippen LogP contribution in [0.2, 0.25) is 0 Å². The van der Waals surface area contributed by atoms with Crippen LogP contribution < -0.4 is 0 Å². The average Bonchev–Trinajstić information content (AvgIpc) is 2.77. The summed E-state index contributed by atoms with van der Waals surface area (Å²) >= 11 is 0. The Morgan fingerprint density at radius 1 is 0.500 bits per heavy atom. The molecule has 0 nitrogen and oxygen atoms in total. The van der Waals surface area contributed by atoms with Gasteiger partial charge in [-0.1, -0.05) is 24.3 Å². The normalized spacial score (nSPS) is 16.9. The molecule has 0 heteroatoms. The lowest BCUT2D eigenvalue weighted by Gasteiger charge is -2.04. The third-order valence-corrected chi connectivity index (χ3v) is 3.83. The molecular formula is C14H12. The van der Waals surface area contributed by atoms with Crippen molar-refractivity contribution in [2.75, 3.05) is 0 Å². The highest BCUT2D eigenvalue weighted by Gasteiger charge is 2.21. The third-order valence-electron chi connectivity index (χ3n) is 3.83. The smallest absolute Gasteiger partial charge is 0.0114 e. The van der Waals surface area contributed by atoms with Crippen LogP contribution >= 0.6 is 0 Å². The lowest BCUT2D eigenvalue weighted by Crippen LogP contribution is -1.82. The molecule has 2 aromatic carbocycles. The lowest BCUT2D eigenvalue weighted by molar-refractivity contribution is 1.01. The second-order valence-corrected chi connectivity index (χ2v) is 4.52. The minimum atomic E-state index is 1.26. The topological polar surface area (TPSA) is 0 Å². The zero-order chi connectivity index (χ0) is 9.12. The summed E-state index contributed by atoms with van der Waals surface area (Å²) in [4.78, 5) is 0. The summed E-state index contributed by atoms with van der Waals surface area (Å²) in [5, 5.41) is 3.22. The van der Waals surface area contributed by atoms with E-state index in [1.54, 1.807) is 33.0 Å². The van der Waals surface area contributed by atoms with E-state index in [9.17, 15) is 0 Å². The summed E-state index contributed by atoms with van der Waals surface area (Å²) in [6, 6.07) is 9.40. The van der Waals surface area contributed by atoms with Crippen LogP contribution in [0.1, 0.15) is 22.3 Å². The van der Waals surface area contributed by atoms with Gasteiger partial charge in [0.25, 0.3) is 0 Å². The second-order valence-electron chi connectivity index (χ2n) is 4.52. The van der Waals surface area contributed by atoms with Gasteiger partial charge in [-0.2, -0.15) is 0 Å². The summed E-state index contributed by atoms with van der Waals surface area (Å²) in [6.07, 6.45) is 5.04. The van der Waals surface area contributed by atoms with E-state index in [2.05, 4.69) is 24.3 Å². The number of aryl methyl sites for hydroxylation is 4. The largest absolute Gasteiger partial charge is 0.0581 e. The van der Waals surface area contributed by atoms with E-state index >= 15 is 0 Å². The molecule has 0 saturated heterocycles. The number of hydrogen-bond acceptors (Lipinski definition) is 0. The van der Waals surface area contributed by atoms with E-state index in [-0.39, 0.29) is 0 Å². The van der Waals surface area contributed by atoms with Gasteiger partial charge in [-0.25, -0.2) is 0 Å². The zero-order valence-corrected chi connectivity index (χ0v) is 8.14. The van der Waals surface area contributed by atoms with Gasteiger partial charge >= 0.3 is 0 Å². The molecule has 0 saturated carbocycles. The Hall–Kier alpha value is -1.30. The monoisotopic (exact) mass is 180 g/mol. The van der Waals surface area contributed by atoms with E-state index in [1.165, 1.54) is 25.7 Å². The first-order valence-electron chi connectivity index (χ1n) is 5.49. The van der Waals surface area contributed by atoms with Crippen molar-refractivity contribution in [3.63, 3.8) is 0 Å². The Kier molecular flexibility index (Phi) is 1.11. The van der Waals surface area contributed by atoms with Crippen molar-refractivity contribution in [3.8, 4) is 0 Å². The number of benzene rings is 2. The molecule has 0 radical (unpaired) electrons. The van der Waals surface area contributed by atoms with Gasteiger partial charge in [-0.15, -0.1) is 0 Å². The van der Waals surface area contributed by atoms with Crippen molar-refractivity contribution in [3.05, 3.63) is 46.5 Å². The fourth-order valence-corrected chi connectivity index (χ4v) is 3.16. The van der Waals surface area contributed by atoms with Gasteiger partial charge in [0.2, 0.25) is 0 Å². The van der Waals surface area contributed by atoms with Crippen LogP contribution in [-0.2, 0) is 25.7 Å². The van der Waals surface area contributed by atoms with Crippen molar-refractivity contribution in [2.45, 2.75) is 25.7 Å². The Morgan fingerprint density at radius 2 is 0.786 bits per heavy atom. The minimum absolute atomic E-state index is 1.26.